The van der Waals surface area contributed by atoms with Crippen molar-refractivity contribution in [2.75, 3.05) is 44.2 Å². The van der Waals surface area contributed by atoms with Gasteiger partial charge in [-0.1, -0.05) is 0 Å². The number of anilines is 1. The van der Waals surface area contributed by atoms with E-state index in [1.807, 2.05) is 17.0 Å². The Morgan fingerprint density at radius 2 is 1.58 bits per heavy atom. The molecule has 26 heavy (non-hydrogen) atoms. The average Bonchev–Trinajstić information content (AvgIpc) is 3.41. The van der Waals surface area contributed by atoms with E-state index in [1.165, 1.54) is 6.26 Å². The van der Waals surface area contributed by atoms with Gasteiger partial charge in [0.25, 0.3) is 11.8 Å². The Morgan fingerprint density at radius 3 is 2.23 bits per heavy atom. The van der Waals surface area contributed by atoms with Crippen LogP contribution in [-0.2, 0) is 0 Å². The quantitative estimate of drug-likeness (QED) is 0.842. The second-order valence-corrected chi connectivity index (χ2v) is 6.63. The Kier molecular flexibility index (Phi) is 4.60. The number of piperazine rings is 1. The number of carbonyl (C=O) groups is 2. The van der Waals surface area contributed by atoms with Gasteiger partial charge in [-0.2, -0.15) is 0 Å². The lowest BCUT2D eigenvalue weighted by molar-refractivity contribution is 0.0518. The summed E-state index contributed by atoms with van der Waals surface area (Å²) in [6, 6.07) is 7.03. The van der Waals surface area contributed by atoms with E-state index in [1.54, 1.807) is 23.2 Å². The Hall–Kier alpha value is -2.83. The molecule has 7 nitrogen and oxygen atoms in total. The molecule has 4 rings (SSSR count). The minimum absolute atomic E-state index is 0.00917. The lowest BCUT2D eigenvalue weighted by Crippen LogP contribution is -2.50. The highest BCUT2D eigenvalue weighted by atomic mass is 16.3. The van der Waals surface area contributed by atoms with Gasteiger partial charge in [0.1, 0.15) is 5.82 Å². The number of hydrogen-bond donors (Lipinski definition) is 0. The first-order valence-corrected chi connectivity index (χ1v) is 9.06. The van der Waals surface area contributed by atoms with Crippen LogP contribution < -0.4 is 4.90 Å². The second-order valence-electron chi connectivity index (χ2n) is 6.63. The molecule has 2 saturated heterocycles. The highest BCUT2D eigenvalue weighted by Gasteiger charge is 2.29. The monoisotopic (exact) mass is 354 g/mol. The van der Waals surface area contributed by atoms with Gasteiger partial charge in [0.05, 0.1) is 11.8 Å². The van der Waals surface area contributed by atoms with Crippen molar-refractivity contribution < 1.29 is 14.0 Å². The fourth-order valence-electron chi connectivity index (χ4n) is 3.58. The predicted octanol–water partition coefficient (Wildman–Crippen LogP) is 1.87. The van der Waals surface area contributed by atoms with Gasteiger partial charge in [-0.25, -0.2) is 4.98 Å². The van der Waals surface area contributed by atoms with Crippen LogP contribution in [0.25, 0.3) is 0 Å². The molecule has 2 fully saturated rings. The van der Waals surface area contributed by atoms with Crippen molar-refractivity contribution in [3.8, 4) is 0 Å². The molecule has 0 unspecified atom stereocenters. The lowest BCUT2D eigenvalue weighted by Gasteiger charge is -2.35. The number of rotatable bonds is 3. The molecule has 4 heterocycles. The Labute approximate surface area is 152 Å². The first-order valence-electron chi connectivity index (χ1n) is 9.06. The summed E-state index contributed by atoms with van der Waals surface area (Å²) in [7, 11) is 0. The average molecular weight is 354 g/mol. The fourth-order valence-corrected chi connectivity index (χ4v) is 3.58. The first-order chi connectivity index (χ1) is 12.7. The number of carbonyl (C=O) groups excluding carboxylic acids is 2. The molecule has 2 aliphatic rings. The highest BCUT2D eigenvalue weighted by molar-refractivity contribution is 5.99. The van der Waals surface area contributed by atoms with E-state index in [2.05, 4.69) is 9.88 Å². The first kappa shape index (κ1) is 16.6. The van der Waals surface area contributed by atoms with E-state index in [0.717, 1.165) is 31.7 Å². The predicted molar refractivity (Wildman–Crippen MR) is 96.2 cm³/mol. The Bertz CT molecular complexity index is 776. The highest BCUT2D eigenvalue weighted by Crippen LogP contribution is 2.23. The molecular weight excluding hydrogens is 332 g/mol. The van der Waals surface area contributed by atoms with Crippen molar-refractivity contribution in [1.29, 1.82) is 0 Å². The number of amides is 2. The summed E-state index contributed by atoms with van der Waals surface area (Å²) in [5.41, 5.74) is 0.653. The van der Waals surface area contributed by atoms with Crippen LogP contribution in [0.15, 0.2) is 41.1 Å². The zero-order valence-electron chi connectivity index (χ0n) is 14.6. The number of furan rings is 1. The summed E-state index contributed by atoms with van der Waals surface area (Å²) in [5.74, 6) is 0.990. The van der Waals surface area contributed by atoms with Gasteiger partial charge in [-0.05, 0) is 37.1 Å². The van der Waals surface area contributed by atoms with Crippen molar-refractivity contribution in [2.45, 2.75) is 12.8 Å². The number of nitrogens with zero attached hydrogens (tertiary/aromatic N) is 4. The molecule has 0 bridgehead atoms. The fraction of sp³-hybridized carbons (Fsp3) is 0.421. The molecule has 2 aromatic rings. The van der Waals surface area contributed by atoms with Crippen LogP contribution >= 0.6 is 0 Å². The maximum atomic E-state index is 13.0. The largest absolute Gasteiger partial charge is 0.459 e. The zero-order valence-corrected chi connectivity index (χ0v) is 14.6. The standard InChI is InChI=1S/C19H22N4O3/c24-18(15-5-3-7-20-17(15)21-8-1-2-9-21)22-10-12-23(13-11-22)19(25)16-6-4-14-26-16/h3-7,14H,1-2,8-13H2. The van der Waals surface area contributed by atoms with Gasteiger partial charge in [0, 0.05) is 45.5 Å². The number of hydrogen-bond acceptors (Lipinski definition) is 5. The van der Waals surface area contributed by atoms with E-state index in [4.69, 9.17) is 4.42 Å². The van der Waals surface area contributed by atoms with Crippen LogP contribution in [0.2, 0.25) is 0 Å². The van der Waals surface area contributed by atoms with E-state index in [0.29, 0.717) is 37.5 Å². The van der Waals surface area contributed by atoms with Crippen LogP contribution in [0.4, 0.5) is 5.82 Å². The Balaban J connectivity index is 1.43. The summed E-state index contributed by atoms with van der Waals surface area (Å²) in [5, 5.41) is 0. The minimum atomic E-state index is -0.124. The maximum Gasteiger partial charge on any atom is 0.289 e. The molecule has 2 amide bonds. The molecule has 7 heteroatoms. The van der Waals surface area contributed by atoms with Crippen molar-refractivity contribution in [2.24, 2.45) is 0 Å². The van der Waals surface area contributed by atoms with Gasteiger partial charge < -0.3 is 19.1 Å². The summed E-state index contributed by atoms with van der Waals surface area (Å²) in [6.07, 6.45) is 5.51. The van der Waals surface area contributed by atoms with Crippen LogP contribution in [0.3, 0.4) is 0 Å². The number of aromatic nitrogens is 1. The second kappa shape index (κ2) is 7.19. The van der Waals surface area contributed by atoms with Gasteiger partial charge >= 0.3 is 0 Å². The van der Waals surface area contributed by atoms with Crippen molar-refractivity contribution in [3.63, 3.8) is 0 Å². The molecule has 2 aliphatic heterocycles. The molecule has 0 radical (unpaired) electrons. The van der Waals surface area contributed by atoms with Crippen LogP contribution in [0, 0.1) is 0 Å². The molecule has 0 N–H and O–H groups in total. The molecular formula is C19H22N4O3. The minimum Gasteiger partial charge on any atom is -0.459 e. The molecule has 0 aliphatic carbocycles. The third-order valence-electron chi connectivity index (χ3n) is 5.01. The van der Waals surface area contributed by atoms with Gasteiger partial charge in [-0.15, -0.1) is 0 Å². The van der Waals surface area contributed by atoms with Crippen molar-refractivity contribution in [3.05, 3.63) is 48.0 Å². The van der Waals surface area contributed by atoms with E-state index < -0.39 is 0 Å². The maximum absolute atomic E-state index is 13.0. The summed E-state index contributed by atoms with van der Waals surface area (Å²) >= 11 is 0. The van der Waals surface area contributed by atoms with Crippen LogP contribution in [-0.4, -0.2) is 65.9 Å². The van der Waals surface area contributed by atoms with E-state index >= 15 is 0 Å². The van der Waals surface area contributed by atoms with E-state index in [-0.39, 0.29) is 11.8 Å². The van der Waals surface area contributed by atoms with Gasteiger partial charge in [0.15, 0.2) is 5.76 Å². The van der Waals surface area contributed by atoms with Crippen LogP contribution in [0.1, 0.15) is 33.8 Å². The van der Waals surface area contributed by atoms with Gasteiger partial charge in [-0.3, -0.25) is 9.59 Å². The molecule has 136 valence electrons. The third-order valence-corrected chi connectivity index (χ3v) is 5.01. The topological polar surface area (TPSA) is 69.9 Å². The molecule has 2 aromatic heterocycles. The molecule has 0 aromatic carbocycles. The zero-order chi connectivity index (χ0) is 17.9. The number of pyridine rings is 1. The SMILES string of the molecule is O=C(c1ccco1)N1CCN(C(=O)c2cccnc2N2CCCC2)CC1. The molecule has 0 atom stereocenters. The van der Waals surface area contributed by atoms with E-state index in [9.17, 15) is 9.59 Å². The normalized spacial score (nSPS) is 17.6. The summed E-state index contributed by atoms with van der Waals surface area (Å²) < 4.78 is 5.18. The lowest BCUT2D eigenvalue weighted by atomic mass is 10.2. The summed E-state index contributed by atoms with van der Waals surface area (Å²) in [4.78, 5) is 35.5. The van der Waals surface area contributed by atoms with Crippen LogP contribution in [0.5, 0.6) is 0 Å². The van der Waals surface area contributed by atoms with Crippen molar-refractivity contribution >= 4 is 17.6 Å². The molecule has 0 saturated carbocycles. The Morgan fingerprint density at radius 1 is 0.885 bits per heavy atom. The smallest absolute Gasteiger partial charge is 0.289 e. The van der Waals surface area contributed by atoms with Crippen molar-refractivity contribution in [1.82, 2.24) is 14.8 Å². The van der Waals surface area contributed by atoms with Gasteiger partial charge in [0.2, 0.25) is 0 Å². The summed E-state index contributed by atoms with van der Waals surface area (Å²) in [6.45, 7) is 3.93. The molecule has 0 spiro atoms. The third kappa shape index (κ3) is 3.16.